The molecule has 1 aromatic carbocycles. The summed E-state index contributed by atoms with van der Waals surface area (Å²) >= 11 is 3.34. The van der Waals surface area contributed by atoms with Gasteiger partial charge in [0, 0.05) is 16.6 Å². The highest BCUT2D eigenvalue weighted by atomic mass is 79.9. The average molecular weight is 410 g/mol. The molecule has 0 aliphatic heterocycles. The zero-order valence-electron chi connectivity index (χ0n) is 15.3. The molecule has 0 bridgehead atoms. The molecule has 1 unspecified atom stereocenters. The van der Waals surface area contributed by atoms with Gasteiger partial charge in [-0.1, -0.05) is 34.5 Å². The maximum absolute atomic E-state index is 11.8. The first-order chi connectivity index (χ1) is 11.9. The number of anilines is 1. The maximum atomic E-state index is 11.8. The van der Waals surface area contributed by atoms with Gasteiger partial charge in [0.2, 0.25) is 5.91 Å². The average Bonchev–Trinajstić information content (AvgIpc) is 2.55. The largest absolute Gasteiger partial charge is 0.466 e. The normalized spacial score (nSPS) is 11.5. The van der Waals surface area contributed by atoms with Gasteiger partial charge < -0.3 is 10.1 Å². The first-order valence-corrected chi connectivity index (χ1v) is 9.50. The van der Waals surface area contributed by atoms with Crippen molar-refractivity contribution in [3.63, 3.8) is 0 Å². The van der Waals surface area contributed by atoms with E-state index in [9.17, 15) is 9.59 Å². The minimum Gasteiger partial charge on any atom is -0.466 e. The third-order valence-corrected chi connectivity index (χ3v) is 4.30. The summed E-state index contributed by atoms with van der Waals surface area (Å²) in [5, 5.41) is 2.76. The molecule has 1 atom stereocenters. The number of carbonyl (C=O) groups is 2. The van der Waals surface area contributed by atoms with E-state index in [0.29, 0.717) is 18.2 Å². The highest BCUT2D eigenvalue weighted by molar-refractivity contribution is 9.10. The molecule has 0 spiro atoms. The van der Waals surface area contributed by atoms with E-state index in [4.69, 9.17) is 4.74 Å². The monoisotopic (exact) mass is 409 g/mol. The summed E-state index contributed by atoms with van der Waals surface area (Å²) in [7, 11) is 0. The summed E-state index contributed by atoms with van der Waals surface area (Å²) in [6.07, 6.45) is 5.48. The van der Waals surface area contributed by atoms with Gasteiger partial charge in [-0.15, -0.1) is 0 Å². The number of allylic oxidation sites excluding steroid dienone is 2. The third-order valence-electron chi connectivity index (χ3n) is 3.77. The molecule has 0 aliphatic carbocycles. The van der Waals surface area contributed by atoms with Gasteiger partial charge in [-0.3, -0.25) is 9.59 Å². The van der Waals surface area contributed by atoms with Crippen molar-refractivity contribution in [2.45, 2.75) is 52.9 Å². The molecule has 0 saturated carbocycles. The second kappa shape index (κ2) is 11.9. The van der Waals surface area contributed by atoms with Gasteiger partial charge in [0.05, 0.1) is 13.0 Å². The molecule has 138 valence electrons. The Hall–Kier alpha value is -1.62. The SMILES string of the molecule is CC(C)=CCCC(C)CCOC(=O)CCC(=O)Nc1ccc(Br)cc1. The Labute approximate surface area is 159 Å². The molecule has 0 aliphatic rings. The summed E-state index contributed by atoms with van der Waals surface area (Å²) in [5.41, 5.74) is 2.05. The minimum absolute atomic E-state index is 0.106. The lowest BCUT2D eigenvalue weighted by molar-refractivity contribution is -0.145. The van der Waals surface area contributed by atoms with Gasteiger partial charge in [-0.2, -0.15) is 0 Å². The Bertz CT molecular complexity index is 577. The van der Waals surface area contributed by atoms with Crippen LogP contribution in [-0.4, -0.2) is 18.5 Å². The molecule has 1 rings (SSSR count). The van der Waals surface area contributed by atoms with Crippen LogP contribution < -0.4 is 5.32 Å². The molecule has 5 heteroatoms. The molecule has 25 heavy (non-hydrogen) atoms. The van der Waals surface area contributed by atoms with Gasteiger partial charge in [0.1, 0.15) is 0 Å². The molecule has 4 nitrogen and oxygen atoms in total. The Kier molecular flexibility index (Phi) is 10.2. The van der Waals surface area contributed by atoms with Crippen molar-refractivity contribution in [3.05, 3.63) is 40.4 Å². The first kappa shape index (κ1) is 21.4. The third kappa shape index (κ3) is 10.8. The number of amides is 1. The molecule has 1 amide bonds. The zero-order chi connectivity index (χ0) is 18.7. The van der Waals surface area contributed by atoms with Crippen molar-refractivity contribution in [1.29, 1.82) is 0 Å². The van der Waals surface area contributed by atoms with E-state index in [1.165, 1.54) is 5.57 Å². The predicted molar refractivity (Wildman–Crippen MR) is 105 cm³/mol. The molecule has 1 aromatic rings. The van der Waals surface area contributed by atoms with Gasteiger partial charge in [-0.05, 0) is 63.3 Å². The highest BCUT2D eigenvalue weighted by Gasteiger charge is 2.09. The molecule has 0 aromatic heterocycles. The van der Waals surface area contributed by atoms with Crippen molar-refractivity contribution in [3.8, 4) is 0 Å². The highest BCUT2D eigenvalue weighted by Crippen LogP contribution is 2.15. The summed E-state index contributed by atoms with van der Waals surface area (Å²) in [6, 6.07) is 7.30. The van der Waals surface area contributed by atoms with Crippen LogP contribution in [0.4, 0.5) is 5.69 Å². The van der Waals surface area contributed by atoms with Crippen LogP contribution in [0.2, 0.25) is 0 Å². The fourth-order valence-electron chi connectivity index (χ4n) is 2.22. The molecule has 0 saturated heterocycles. The van der Waals surface area contributed by atoms with Gasteiger partial charge in [0.25, 0.3) is 0 Å². The Morgan fingerprint density at radius 2 is 1.84 bits per heavy atom. The van der Waals surface area contributed by atoms with Gasteiger partial charge in [0.15, 0.2) is 0 Å². The first-order valence-electron chi connectivity index (χ1n) is 8.71. The van der Waals surface area contributed by atoms with Crippen LogP contribution in [-0.2, 0) is 14.3 Å². The molecular formula is C20H28BrNO3. The number of rotatable bonds is 10. The molecular weight excluding hydrogens is 382 g/mol. The van der Waals surface area contributed by atoms with Crippen LogP contribution >= 0.6 is 15.9 Å². The summed E-state index contributed by atoms with van der Waals surface area (Å²) in [6.45, 7) is 6.78. The zero-order valence-corrected chi connectivity index (χ0v) is 16.9. The van der Waals surface area contributed by atoms with Gasteiger partial charge >= 0.3 is 5.97 Å². The van der Waals surface area contributed by atoms with E-state index < -0.39 is 0 Å². The van der Waals surface area contributed by atoms with Crippen LogP contribution in [0.5, 0.6) is 0 Å². The van der Waals surface area contributed by atoms with Crippen LogP contribution in [0.15, 0.2) is 40.4 Å². The van der Waals surface area contributed by atoms with E-state index in [-0.39, 0.29) is 24.7 Å². The smallest absolute Gasteiger partial charge is 0.306 e. The van der Waals surface area contributed by atoms with E-state index in [1.54, 1.807) is 12.1 Å². The maximum Gasteiger partial charge on any atom is 0.306 e. The van der Waals surface area contributed by atoms with Crippen LogP contribution in [0, 0.1) is 5.92 Å². The van der Waals surface area contributed by atoms with Crippen molar-refractivity contribution >= 4 is 33.5 Å². The number of hydrogen-bond acceptors (Lipinski definition) is 3. The Morgan fingerprint density at radius 1 is 1.16 bits per heavy atom. The molecule has 1 N–H and O–H groups in total. The van der Waals surface area contributed by atoms with Gasteiger partial charge in [-0.25, -0.2) is 0 Å². The lowest BCUT2D eigenvalue weighted by atomic mass is 10.0. The van der Waals surface area contributed by atoms with E-state index in [2.05, 4.69) is 48.1 Å². The molecule has 0 radical (unpaired) electrons. The number of halogens is 1. The van der Waals surface area contributed by atoms with Crippen molar-refractivity contribution in [2.24, 2.45) is 5.92 Å². The van der Waals surface area contributed by atoms with Crippen LogP contribution in [0.3, 0.4) is 0 Å². The summed E-state index contributed by atoms with van der Waals surface area (Å²) in [4.78, 5) is 23.5. The standard InChI is InChI=1S/C20H28BrNO3/c1-15(2)5-4-6-16(3)13-14-25-20(24)12-11-19(23)22-18-9-7-17(21)8-10-18/h5,7-10,16H,4,6,11-14H2,1-3H3,(H,22,23). The molecule has 0 fully saturated rings. The van der Waals surface area contributed by atoms with E-state index in [0.717, 1.165) is 23.7 Å². The summed E-state index contributed by atoms with van der Waals surface area (Å²) < 4.78 is 6.16. The van der Waals surface area contributed by atoms with E-state index >= 15 is 0 Å². The van der Waals surface area contributed by atoms with Crippen molar-refractivity contribution < 1.29 is 14.3 Å². The van der Waals surface area contributed by atoms with Crippen molar-refractivity contribution in [2.75, 3.05) is 11.9 Å². The fraction of sp³-hybridized carbons (Fsp3) is 0.500. The van der Waals surface area contributed by atoms with E-state index in [1.807, 2.05) is 12.1 Å². The topological polar surface area (TPSA) is 55.4 Å². The van der Waals surface area contributed by atoms with Crippen LogP contribution in [0.25, 0.3) is 0 Å². The number of ether oxygens (including phenoxy) is 1. The van der Waals surface area contributed by atoms with Crippen LogP contribution in [0.1, 0.15) is 52.9 Å². The predicted octanol–water partition coefficient (Wildman–Crippen LogP) is 5.48. The Balaban J connectivity index is 2.14. The lowest BCUT2D eigenvalue weighted by Gasteiger charge is -2.11. The lowest BCUT2D eigenvalue weighted by Crippen LogP contribution is -2.15. The number of hydrogen-bond donors (Lipinski definition) is 1. The minimum atomic E-state index is -0.317. The number of nitrogens with one attached hydrogen (secondary N) is 1. The second-order valence-electron chi connectivity index (χ2n) is 6.53. The second-order valence-corrected chi connectivity index (χ2v) is 7.44. The Morgan fingerprint density at radius 3 is 2.48 bits per heavy atom. The van der Waals surface area contributed by atoms with Crippen molar-refractivity contribution in [1.82, 2.24) is 0 Å². The number of esters is 1. The fourth-order valence-corrected chi connectivity index (χ4v) is 2.48. The summed E-state index contributed by atoms with van der Waals surface area (Å²) in [5.74, 6) is 0.0147. The molecule has 0 heterocycles. The number of benzene rings is 1. The quantitative estimate of drug-likeness (QED) is 0.410. The number of carbonyl (C=O) groups excluding carboxylic acids is 2.